The minimum absolute atomic E-state index is 0.212. The number of carbonyl (C=O) groups is 4. The Hall–Kier alpha value is -2.63. The molecule has 0 aromatic rings. The van der Waals surface area contributed by atoms with E-state index in [0.29, 0.717) is 25.7 Å². The second-order valence-electron chi connectivity index (χ2n) is 12.3. The van der Waals surface area contributed by atoms with Gasteiger partial charge < -0.3 is 20.3 Å². The molecule has 0 spiro atoms. The molecule has 12 heteroatoms. The van der Waals surface area contributed by atoms with Gasteiger partial charge in [-0.2, -0.15) is 0 Å². The van der Waals surface area contributed by atoms with Gasteiger partial charge in [0.1, 0.15) is 23.2 Å². The van der Waals surface area contributed by atoms with Crippen molar-refractivity contribution in [2.24, 2.45) is 11.3 Å². The number of esters is 1. The fourth-order valence-corrected chi connectivity index (χ4v) is 5.85. The van der Waals surface area contributed by atoms with Gasteiger partial charge in [-0.1, -0.05) is 26.8 Å². The van der Waals surface area contributed by atoms with Crippen molar-refractivity contribution in [3.05, 3.63) is 12.7 Å². The largest absolute Gasteiger partial charge is 0.458 e. The second-order valence-corrected chi connectivity index (χ2v) is 14.3. The van der Waals surface area contributed by atoms with Gasteiger partial charge in [-0.15, -0.1) is 6.58 Å². The molecule has 37 heavy (non-hydrogen) atoms. The first-order valence-corrected chi connectivity index (χ1v) is 14.3. The van der Waals surface area contributed by atoms with Crippen molar-refractivity contribution in [3.63, 3.8) is 0 Å². The summed E-state index contributed by atoms with van der Waals surface area (Å²) in [6, 6.07) is -2.45. The van der Waals surface area contributed by atoms with Crippen LogP contribution in [0.25, 0.3) is 0 Å². The van der Waals surface area contributed by atoms with E-state index >= 15 is 0 Å². The highest BCUT2D eigenvalue weighted by molar-refractivity contribution is 7.91. The van der Waals surface area contributed by atoms with Crippen LogP contribution in [0.15, 0.2) is 12.7 Å². The van der Waals surface area contributed by atoms with Crippen molar-refractivity contribution >= 4 is 33.8 Å². The van der Waals surface area contributed by atoms with Gasteiger partial charge in [-0.25, -0.2) is 18.0 Å². The van der Waals surface area contributed by atoms with Gasteiger partial charge in [-0.3, -0.25) is 14.3 Å². The van der Waals surface area contributed by atoms with E-state index in [0.717, 1.165) is 0 Å². The molecule has 2 saturated carbocycles. The molecule has 11 nitrogen and oxygen atoms in total. The maximum absolute atomic E-state index is 13.3. The molecule has 4 amide bonds. The van der Waals surface area contributed by atoms with Crippen LogP contribution in [0.3, 0.4) is 0 Å². The molecule has 1 aliphatic heterocycles. The van der Waals surface area contributed by atoms with E-state index in [9.17, 15) is 27.6 Å². The molecule has 3 rings (SSSR count). The Morgan fingerprint density at radius 1 is 1.08 bits per heavy atom. The van der Waals surface area contributed by atoms with Crippen LogP contribution in [0.2, 0.25) is 0 Å². The number of hydrogen-bond donors (Lipinski definition) is 3. The summed E-state index contributed by atoms with van der Waals surface area (Å²) in [5.41, 5.74) is -2.82. The number of hydrogen-bond acceptors (Lipinski definition) is 7. The van der Waals surface area contributed by atoms with E-state index in [-0.39, 0.29) is 13.0 Å². The van der Waals surface area contributed by atoms with Crippen molar-refractivity contribution in [2.45, 2.75) is 102 Å². The molecule has 3 aliphatic rings. The Bertz CT molecular complexity index is 1070. The zero-order chi connectivity index (χ0) is 28.0. The number of carbonyl (C=O) groups excluding carboxylic acids is 4. The Morgan fingerprint density at radius 2 is 1.70 bits per heavy atom. The molecule has 208 valence electrons. The molecular formula is C25H40N4O7S. The van der Waals surface area contributed by atoms with Gasteiger partial charge in [-0.05, 0) is 58.3 Å². The molecule has 3 fully saturated rings. The third kappa shape index (κ3) is 6.63. The molecule has 4 atom stereocenters. The fourth-order valence-electron chi connectivity index (χ4n) is 4.49. The average Bonchev–Trinajstić information content (AvgIpc) is 3.66. The Balaban J connectivity index is 1.71. The van der Waals surface area contributed by atoms with Gasteiger partial charge in [0.25, 0.3) is 5.91 Å². The van der Waals surface area contributed by atoms with Gasteiger partial charge >= 0.3 is 12.0 Å². The predicted molar refractivity (Wildman–Crippen MR) is 137 cm³/mol. The van der Waals surface area contributed by atoms with Gasteiger partial charge in [0.15, 0.2) is 0 Å². The Morgan fingerprint density at radius 3 is 2.19 bits per heavy atom. The lowest BCUT2D eigenvalue weighted by Gasteiger charge is -2.34. The summed E-state index contributed by atoms with van der Waals surface area (Å²) in [5.74, 6) is -2.29. The van der Waals surface area contributed by atoms with Gasteiger partial charge in [0.2, 0.25) is 15.9 Å². The monoisotopic (exact) mass is 540 g/mol. The molecule has 0 bridgehead atoms. The zero-order valence-corrected chi connectivity index (χ0v) is 23.4. The first-order valence-electron chi connectivity index (χ1n) is 12.7. The number of likely N-dealkylation sites (tertiary alicyclic amines) is 1. The summed E-state index contributed by atoms with van der Waals surface area (Å²) in [4.78, 5) is 53.7. The normalized spacial score (nSPS) is 26.6. The second kappa shape index (κ2) is 9.92. The van der Waals surface area contributed by atoms with Crippen LogP contribution in [0.1, 0.15) is 73.6 Å². The topological polar surface area (TPSA) is 151 Å². The van der Waals surface area contributed by atoms with E-state index in [2.05, 4.69) is 21.9 Å². The summed E-state index contributed by atoms with van der Waals surface area (Å²) in [6.07, 6.45) is 3.64. The number of ether oxygens (including phenoxy) is 1. The van der Waals surface area contributed by atoms with Crippen LogP contribution in [0, 0.1) is 11.3 Å². The number of nitrogens with one attached hydrogen (secondary N) is 3. The summed E-state index contributed by atoms with van der Waals surface area (Å²) in [5, 5.41) is 4.86. The third-order valence-corrected chi connectivity index (χ3v) is 8.66. The van der Waals surface area contributed by atoms with Crippen LogP contribution >= 0.6 is 0 Å². The molecule has 3 N–H and O–H groups in total. The van der Waals surface area contributed by atoms with Crippen molar-refractivity contribution < 1.29 is 32.3 Å². The number of rotatable bonds is 8. The lowest BCUT2D eigenvalue weighted by molar-refractivity contribution is -0.162. The SMILES string of the molecule is C=CC1CC1(NC(=O)N1CCC[C@H]1C(=O)N[C@H](C(=O)OC(C)(C)C)C(C)(C)C)C(=O)NS(=O)(=O)C1CC1. The van der Waals surface area contributed by atoms with Crippen molar-refractivity contribution in [2.75, 3.05) is 6.54 Å². The lowest BCUT2D eigenvalue weighted by atomic mass is 9.86. The van der Waals surface area contributed by atoms with Crippen LogP contribution < -0.4 is 15.4 Å². The molecule has 0 radical (unpaired) electrons. The van der Waals surface area contributed by atoms with E-state index in [1.807, 2.05) is 20.8 Å². The first kappa shape index (κ1) is 28.9. The number of sulfonamides is 1. The van der Waals surface area contributed by atoms with E-state index in [1.54, 1.807) is 20.8 Å². The minimum atomic E-state index is -3.80. The van der Waals surface area contributed by atoms with E-state index in [4.69, 9.17) is 4.74 Å². The number of amides is 4. The van der Waals surface area contributed by atoms with E-state index in [1.165, 1.54) is 11.0 Å². The lowest BCUT2D eigenvalue weighted by Crippen LogP contribution is -2.59. The maximum Gasteiger partial charge on any atom is 0.329 e. The summed E-state index contributed by atoms with van der Waals surface area (Å²) in [7, 11) is -3.80. The van der Waals surface area contributed by atoms with Crippen LogP contribution in [-0.4, -0.2) is 72.2 Å². The Labute approximate surface area is 219 Å². The summed E-state index contributed by atoms with van der Waals surface area (Å²) in [6.45, 7) is 14.6. The minimum Gasteiger partial charge on any atom is -0.458 e. The van der Waals surface area contributed by atoms with Crippen molar-refractivity contribution in [1.29, 1.82) is 0 Å². The van der Waals surface area contributed by atoms with Crippen LogP contribution in [0.5, 0.6) is 0 Å². The predicted octanol–water partition coefficient (Wildman–Crippen LogP) is 1.59. The van der Waals surface area contributed by atoms with Crippen molar-refractivity contribution in [1.82, 2.24) is 20.3 Å². The first-order chi connectivity index (χ1) is 16.9. The molecule has 0 aromatic carbocycles. The highest BCUT2D eigenvalue weighted by Crippen LogP contribution is 2.45. The molecule has 1 saturated heterocycles. The quantitative estimate of drug-likeness (QED) is 0.312. The van der Waals surface area contributed by atoms with Gasteiger partial charge in [0, 0.05) is 12.5 Å². The molecule has 2 aliphatic carbocycles. The maximum atomic E-state index is 13.3. The highest BCUT2D eigenvalue weighted by atomic mass is 32.2. The molecular weight excluding hydrogens is 500 g/mol. The summed E-state index contributed by atoms with van der Waals surface area (Å²) < 4.78 is 32.2. The smallest absolute Gasteiger partial charge is 0.329 e. The van der Waals surface area contributed by atoms with E-state index < -0.39 is 73.6 Å². The third-order valence-electron chi connectivity index (χ3n) is 6.84. The average molecular weight is 541 g/mol. The molecule has 1 heterocycles. The molecule has 2 unspecified atom stereocenters. The van der Waals surface area contributed by atoms with Crippen molar-refractivity contribution in [3.8, 4) is 0 Å². The van der Waals surface area contributed by atoms with Crippen LogP contribution in [0.4, 0.5) is 4.79 Å². The Kier molecular flexibility index (Phi) is 7.76. The summed E-state index contributed by atoms with van der Waals surface area (Å²) >= 11 is 0. The number of urea groups is 1. The zero-order valence-electron chi connectivity index (χ0n) is 22.5. The number of nitrogens with zero attached hydrogens (tertiary/aromatic N) is 1. The fraction of sp³-hybridized carbons (Fsp3) is 0.760. The molecule has 0 aromatic heterocycles. The van der Waals surface area contributed by atoms with Crippen LogP contribution in [-0.2, 0) is 29.1 Å². The standard InChI is InChI=1S/C25H40N4O7S/c1-8-15-14-25(15,21(32)28-37(34,35)16-11-12-16)27-22(33)29-13-9-10-17(29)19(30)26-18(23(2,3)4)20(31)36-24(5,6)7/h8,15-18H,1,9-14H2,2-7H3,(H,26,30)(H,27,33)(H,28,32)/t15?,17-,18+,25?/m0/s1. The van der Waals surface area contributed by atoms with Gasteiger partial charge in [0.05, 0.1) is 5.25 Å². The highest BCUT2D eigenvalue weighted by Gasteiger charge is 2.61.